The Bertz CT molecular complexity index is 1440. The topological polar surface area (TPSA) is 74.6 Å². The van der Waals surface area contributed by atoms with E-state index >= 15 is 0 Å². The number of hydrogen-bond acceptors (Lipinski definition) is 8. The van der Waals surface area contributed by atoms with Gasteiger partial charge in [0, 0.05) is 55.4 Å². The molecule has 1 N–H and O–H groups in total. The van der Waals surface area contributed by atoms with Gasteiger partial charge in [-0.3, -0.25) is 0 Å². The number of hydrogen-bond donors (Lipinski definition) is 1. The number of nitrogens with zero attached hydrogens (tertiary/aromatic N) is 7. The molecule has 0 spiro atoms. The van der Waals surface area contributed by atoms with E-state index in [9.17, 15) is 5.26 Å². The molecule has 3 aromatic rings. The fraction of sp³-hybridized carbons (Fsp3) is 0.485. The molecule has 2 aromatic carbocycles. The minimum Gasteiger partial charge on any atom is -0.370 e. The van der Waals surface area contributed by atoms with E-state index in [0.29, 0.717) is 18.4 Å². The third-order valence-electron chi connectivity index (χ3n) is 9.21. The maximum atomic E-state index is 9.56. The second-order valence-electron chi connectivity index (χ2n) is 11.9. The van der Waals surface area contributed by atoms with E-state index in [1.165, 1.54) is 34.9 Å². The summed E-state index contributed by atoms with van der Waals surface area (Å²) in [6, 6.07) is 18.4. The molecule has 3 aliphatic rings. The van der Waals surface area contributed by atoms with Gasteiger partial charge >= 0.3 is 0 Å². The second-order valence-corrected chi connectivity index (χ2v) is 11.9. The van der Waals surface area contributed by atoms with Crippen molar-refractivity contribution in [2.45, 2.75) is 51.2 Å². The van der Waals surface area contributed by atoms with Crippen LogP contribution in [0, 0.1) is 17.2 Å². The second kappa shape index (κ2) is 12.0. The van der Waals surface area contributed by atoms with Crippen LogP contribution in [-0.4, -0.2) is 78.7 Å². The van der Waals surface area contributed by atoms with E-state index < -0.39 is 0 Å². The van der Waals surface area contributed by atoms with Crippen LogP contribution in [0.2, 0.25) is 0 Å². The summed E-state index contributed by atoms with van der Waals surface area (Å²) in [6.45, 7) is 7.17. The summed E-state index contributed by atoms with van der Waals surface area (Å²) < 4.78 is 0. The van der Waals surface area contributed by atoms with Gasteiger partial charge in [-0.2, -0.15) is 10.2 Å². The number of nitrogens with one attached hydrogen (secondary N) is 1. The molecular formula is C33H42N8. The molecule has 1 saturated carbocycles. The highest BCUT2D eigenvalue weighted by Crippen LogP contribution is 2.35. The van der Waals surface area contributed by atoms with Gasteiger partial charge in [-0.15, -0.1) is 0 Å². The molecule has 0 amide bonds. The Labute approximate surface area is 244 Å². The maximum Gasteiger partial charge on any atom is 0.224 e. The Kier molecular flexibility index (Phi) is 7.97. The first-order valence-electron chi connectivity index (χ1n) is 15.1. The summed E-state index contributed by atoms with van der Waals surface area (Å²) in [4.78, 5) is 19.9. The summed E-state index contributed by atoms with van der Waals surface area (Å²) >= 11 is 0. The maximum absolute atomic E-state index is 9.56. The highest BCUT2D eigenvalue weighted by molar-refractivity contribution is 5.94. The van der Waals surface area contributed by atoms with E-state index in [-0.39, 0.29) is 6.04 Å². The predicted molar refractivity (Wildman–Crippen MR) is 167 cm³/mol. The molecule has 6 rings (SSSR count). The van der Waals surface area contributed by atoms with Crippen molar-refractivity contribution in [3.05, 3.63) is 66.0 Å². The summed E-state index contributed by atoms with van der Waals surface area (Å²) in [5, 5.41) is 15.7. The zero-order valence-corrected chi connectivity index (χ0v) is 24.6. The molecule has 2 fully saturated rings. The molecule has 41 heavy (non-hydrogen) atoms. The standard InChI is InChI=1S/C33H42N8/c1-4-17-39-19-20-41(22-26(39)14-16-34)32-28-15-18-40(31-11-7-9-24-8-5-6-10-27(24)31)23-29(28)36-33(37-32)35-21-25-12-13-30(25)38(2)3/h4-11,17,25-26,30H,12-15,18-23H2,1-3H3,(H,35,36,37)/t25?,26-,30?/m0/s1. The minimum absolute atomic E-state index is 0.151. The van der Waals surface area contributed by atoms with Crippen molar-refractivity contribution < 1.29 is 0 Å². The van der Waals surface area contributed by atoms with Gasteiger partial charge in [0.2, 0.25) is 5.95 Å². The molecule has 1 saturated heterocycles. The first-order chi connectivity index (χ1) is 20.1. The SMILES string of the molecule is CC=CN1CCN(c2nc(NCC3CCC3N(C)C)nc3c2CCN(c2cccc4ccccc24)C3)C[C@@H]1CC#N. The number of aromatic nitrogens is 2. The van der Waals surface area contributed by atoms with Crippen LogP contribution in [0.4, 0.5) is 17.5 Å². The van der Waals surface area contributed by atoms with Crippen molar-refractivity contribution in [1.82, 2.24) is 19.8 Å². The Balaban J connectivity index is 1.31. The molecule has 3 atom stereocenters. The van der Waals surface area contributed by atoms with Crippen LogP contribution in [0.15, 0.2) is 54.7 Å². The molecule has 1 aromatic heterocycles. The number of nitriles is 1. The first-order valence-corrected chi connectivity index (χ1v) is 15.1. The van der Waals surface area contributed by atoms with E-state index in [4.69, 9.17) is 9.97 Å². The average molecular weight is 551 g/mol. The number of anilines is 3. The summed E-state index contributed by atoms with van der Waals surface area (Å²) in [5.74, 6) is 2.40. The molecule has 8 heteroatoms. The highest BCUT2D eigenvalue weighted by atomic mass is 15.3. The van der Waals surface area contributed by atoms with Crippen LogP contribution < -0.4 is 15.1 Å². The molecule has 3 heterocycles. The Morgan fingerprint density at radius 2 is 1.90 bits per heavy atom. The van der Waals surface area contributed by atoms with Crippen molar-refractivity contribution >= 4 is 28.2 Å². The summed E-state index contributed by atoms with van der Waals surface area (Å²) in [6.07, 6.45) is 8.10. The van der Waals surface area contributed by atoms with Gasteiger partial charge in [0.1, 0.15) is 5.82 Å². The minimum atomic E-state index is 0.151. The lowest BCUT2D eigenvalue weighted by Gasteiger charge is -2.42. The Hall–Kier alpha value is -3.83. The monoisotopic (exact) mass is 550 g/mol. The number of benzene rings is 2. The van der Waals surface area contributed by atoms with E-state index in [1.807, 2.05) is 6.92 Å². The smallest absolute Gasteiger partial charge is 0.224 e. The van der Waals surface area contributed by atoms with Crippen LogP contribution in [0.3, 0.4) is 0 Å². The lowest BCUT2D eigenvalue weighted by Crippen LogP contribution is -2.51. The van der Waals surface area contributed by atoms with Crippen molar-refractivity contribution in [2.75, 3.05) is 61.9 Å². The Morgan fingerprint density at radius 1 is 1.05 bits per heavy atom. The van der Waals surface area contributed by atoms with E-state index in [2.05, 4.69) is 99.8 Å². The van der Waals surface area contributed by atoms with Gasteiger partial charge in [-0.25, -0.2) is 4.98 Å². The highest BCUT2D eigenvalue weighted by Gasteiger charge is 2.33. The number of piperazine rings is 1. The molecule has 2 unspecified atom stereocenters. The van der Waals surface area contributed by atoms with E-state index in [1.54, 1.807) is 0 Å². The molecule has 2 aliphatic heterocycles. The van der Waals surface area contributed by atoms with Crippen LogP contribution in [0.1, 0.15) is 37.4 Å². The number of fused-ring (bicyclic) bond motifs is 2. The molecule has 8 nitrogen and oxygen atoms in total. The van der Waals surface area contributed by atoms with Gasteiger partial charge in [-0.1, -0.05) is 42.5 Å². The van der Waals surface area contributed by atoms with E-state index in [0.717, 1.165) is 63.1 Å². The van der Waals surface area contributed by atoms with Crippen molar-refractivity contribution in [3.8, 4) is 6.07 Å². The van der Waals surface area contributed by atoms with Gasteiger partial charge in [0.25, 0.3) is 0 Å². The summed E-state index contributed by atoms with van der Waals surface area (Å²) in [5.41, 5.74) is 3.64. The fourth-order valence-electron chi connectivity index (χ4n) is 6.87. The predicted octanol–water partition coefficient (Wildman–Crippen LogP) is 4.88. The third-order valence-corrected chi connectivity index (χ3v) is 9.21. The van der Waals surface area contributed by atoms with Crippen molar-refractivity contribution in [2.24, 2.45) is 5.92 Å². The molecular weight excluding hydrogens is 508 g/mol. The zero-order valence-electron chi connectivity index (χ0n) is 24.6. The summed E-state index contributed by atoms with van der Waals surface area (Å²) in [7, 11) is 4.36. The lowest BCUT2D eigenvalue weighted by atomic mass is 9.79. The van der Waals surface area contributed by atoms with Crippen LogP contribution in [0.5, 0.6) is 0 Å². The van der Waals surface area contributed by atoms with Gasteiger partial charge < -0.3 is 24.9 Å². The van der Waals surface area contributed by atoms with Crippen LogP contribution >= 0.6 is 0 Å². The fourth-order valence-corrected chi connectivity index (χ4v) is 6.87. The first kappa shape index (κ1) is 27.3. The van der Waals surface area contributed by atoms with Gasteiger partial charge in [0.15, 0.2) is 0 Å². The van der Waals surface area contributed by atoms with Gasteiger partial charge in [0.05, 0.1) is 30.8 Å². The molecule has 1 aliphatic carbocycles. The molecule has 214 valence electrons. The van der Waals surface area contributed by atoms with Crippen LogP contribution in [-0.2, 0) is 13.0 Å². The molecule has 0 radical (unpaired) electrons. The zero-order chi connectivity index (χ0) is 28.3. The van der Waals surface area contributed by atoms with Crippen molar-refractivity contribution in [3.63, 3.8) is 0 Å². The largest absolute Gasteiger partial charge is 0.370 e. The van der Waals surface area contributed by atoms with Gasteiger partial charge in [-0.05, 0) is 63.9 Å². The third kappa shape index (κ3) is 5.56. The number of rotatable bonds is 8. The molecule has 0 bridgehead atoms. The average Bonchev–Trinajstić information content (AvgIpc) is 2.96. The lowest BCUT2D eigenvalue weighted by molar-refractivity contribution is 0.115. The normalized spacial score (nSPS) is 22.6. The van der Waals surface area contributed by atoms with Crippen LogP contribution in [0.25, 0.3) is 10.8 Å². The van der Waals surface area contributed by atoms with Crippen molar-refractivity contribution in [1.29, 1.82) is 5.26 Å². The number of allylic oxidation sites excluding steroid dienone is 1. The Morgan fingerprint density at radius 3 is 2.68 bits per heavy atom. The quantitative estimate of drug-likeness (QED) is 0.425.